The summed E-state index contributed by atoms with van der Waals surface area (Å²) in [6.07, 6.45) is 99.0. The molecule has 103 heavy (non-hydrogen) atoms. The largest absolute Gasteiger partial charge is 0.345 e. The van der Waals surface area contributed by atoms with Crippen LogP contribution in [0.4, 0.5) is 0 Å². The second kappa shape index (κ2) is 51.9. The van der Waals surface area contributed by atoms with Crippen LogP contribution in [0.1, 0.15) is 358 Å². The Hall–Kier alpha value is -7.12. The van der Waals surface area contributed by atoms with E-state index in [1.807, 2.05) is 0 Å². The molecule has 7 rings (SSSR count). The van der Waals surface area contributed by atoms with Gasteiger partial charge in [0.15, 0.2) is 37.2 Å². The lowest BCUT2D eigenvalue weighted by molar-refractivity contribution is -0.697. The summed E-state index contributed by atoms with van der Waals surface area (Å²) in [6.45, 7) is 10.2. The van der Waals surface area contributed by atoms with Gasteiger partial charge in [-0.15, -0.1) is 0 Å². The summed E-state index contributed by atoms with van der Waals surface area (Å²) in [6, 6.07) is 31.5. The van der Waals surface area contributed by atoms with Crippen LogP contribution >= 0.6 is 0 Å². The molecular formula is C96H143N7+4. The first-order valence-electron chi connectivity index (χ1n) is 42.3. The number of aromatic nitrogens is 7. The Labute approximate surface area is 629 Å². The Kier molecular flexibility index (Phi) is 41.9. The molecule has 0 bridgehead atoms. The molecule has 0 radical (unpaired) electrons. The van der Waals surface area contributed by atoms with Crippen LogP contribution in [0.25, 0.3) is 72.9 Å². The minimum absolute atomic E-state index is 1.09. The van der Waals surface area contributed by atoms with Crippen molar-refractivity contribution in [1.29, 1.82) is 0 Å². The van der Waals surface area contributed by atoms with Gasteiger partial charge in [-0.05, 0) is 114 Å². The van der Waals surface area contributed by atoms with Crippen molar-refractivity contribution in [3.8, 4) is 0 Å². The van der Waals surface area contributed by atoms with Gasteiger partial charge in [0.2, 0.25) is 11.4 Å². The lowest BCUT2D eigenvalue weighted by Crippen LogP contribution is -2.35. The van der Waals surface area contributed by atoms with Gasteiger partial charge in [0, 0.05) is 135 Å². The van der Waals surface area contributed by atoms with E-state index < -0.39 is 0 Å². The fraction of sp³-hybridized carbons (Fsp3) is 0.542. The van der Waals surface area contributed by atoms with E-state index in [-0.39, 0.29) is 0 Å². The zero-order valence-electron chi connectivity index (χ0n) is 66.4. The van der Waals surface area contributed by atoms with Crippen LogP contribution in [0.2, 0.25) is 0 Å². The van der Waals surface area contributed by atoms with Gasteiger partial charge in [-0.2, -0.15) is 4.57 Å². The third-order valence-corrected chi connectivity index (χ3v) is 21.7. The van der Waals surface area contributed by atoms with Crippen LogP contribution in [0.5, 0.6) is 0 Å². The Bertz CT molecular complexity index is 3380. The minimum Gasteiger partial charge on any atom is -0.345 e. The van der Waals surface area contributed by atoms with E-state index in [0.29, 0.717) is 0 Å². The highest BCUT2D eigenvalue weighted by Gasteiger charge is 2.14. The second-order valence-corrected chi connectivity index (χ2v) is 30.3. The van der Waals surface area contributed by atoms with Crippen LogP contribution in [0.15, 0.2) is 122 Å². The van der Waals surface area contributed by atoms with Gasteiger partial charge in [0.1, 0.15) is 26.7 Å². The van der Waals surface area contributed by atoms with Gasteiger partial charge in [-0.25, -0.2) is 13.7 Å². The number of unbranched alkanes of at least 4 members (excludes halogenated alkanes) is 39. The monoisotopic (exact) mass is 1390 g/mol. The maximum atomic E-state index is 2.35. The zero-order chi connectivity index (χ0) is 72.4. The summed E-state index contributed by atoms with van der Waals surface area (Å²) < 4.78 is 16.2. The van der Waals surface area contributed by atoms with Crippen LogP contribution < -0.4 is 18.3 Å². The van der Waals surface area contributed by atoms with Crippen LogP contribution in [-0.2, 0) is 47.8 Å². The van der Waals surface area contributed by atoms with Crippen LogP contribution in [-0.4, -0.2) is 13.7 Å². The molecule has 0 spiro atoms. The third-order valence-electron chi connectivity index (χ3n) is 21.7. The third kappa shape index (κ3) is 33.7. The van der Waals surface area contributed by atoms with Crippen molar-refractivity contribution >= 4 is 72.9 Å². The van der Waals surface area contributed by atoms with Crippen molar-refractivity contribution in [1.82, 2.24) is 13.7 Å². The topological polar surface area (TPSA) is 30.3 Å². The van der Waals surface area contributed by atoms with Crippen molar-refractivity contribution in [3.05, 3.63) is 190 Å². The van der Waals surface area contributed by atoms with E-state index in [4.69, 9.17) is 0 Å². The quantitative estimate of drug-likeness (QED) is 0.0269. The summed E-state index contributed by atoms with van der Waals surface area (Å²) in [5.41, 5.74) is 14.0. The second-order valence-electron chi connectivity index (χ2n) is 30.3. The minimum atomic E-state index is 1.09. The van der Waals surface area contributed by atoms with E-state index in [2.05, 4.69) is 276 Å². The molecule has 7 nitrogen and oxygen atoms in total. The summed E-state index contributed by atoms with van der Waals surface area (Å²) in [5.74, 6) is 0. The Morgan fingerprint density at radius 1 is 0.223 bits per heavy atom. The lowest BCUT2D eigenvalue weighted by Gasteiger charge is -2.05. The molecule has 7 aromatic heterocycles. The van der Waals surface area contributed by atoms with Gasteiger partial charge < -0.3 is 13.7 Å². The zero-order valence-corrected chi connectivity index (χ0v) is 66.4. The Morgan fingerprint density at radius 3 is 0.621 bits per heavy atom. The van der Waals surface area contributed by atoms with E-state index in [1.165, 1.54) is 303 Å². The lowest BCUT2D eigenvalue weighted by atomic mass is 10.0. The molecule has 0 saturated carbocycles. The smallest absolute Gasteiger partial charge is 0.206 e. The van der Waals surface area contributed by atoms with Gasteiger partial charge in [-0.3, -0.25) is 0 Å². The molecule has 0 aliphatic rings. The fourth-order valence-electron chi connectivity index (χ4n) is 14.5. The standard InChI is InChI=1S/C96H143N7/c1-8-11-14-17-20-23-26-29-32-35-38-41-44-47-74-101-77-68-85(69-78-101)50-54-89-58-59-92(97(89)4)57-53-88-83-95(66-64-93-62-60-90(98(93)5)55-51-86-70-79-102(80-71-86)75-48-45-42-39-36-33-30-27-24-21-18-15-12-9-2)100(7)96(84-88)67-65-94-63-61-91(99(94)6)56-52-87-72-81-103(82-73-87)76-49-46-43-40-37-34-31-28-25-22-19-16-13-10-3/h50-73,77-84H,8-49,74-76H2,1-7H3/q+4. The molecule has 0 atom stereocenters. The van der Waals surface area contributed by atoms with E-state index in [0.717, 1.165) is 53.7 Å². The van der Waals surface area contributed by atoms with Gasteiger partial charge in [-0.1, -0.05) is 276 Å². The maximum Gasteiger partial charge on any atom is 0.206 e. The number of nitrogens with zero attached hydrogens (tertiary/aromatic N) is 7. The molecule has 0 aliphatic heterocycles. The van der Waals surface area contributed by atoms with Gasteiger partial charge >= 0.3 is 0 Å². The van der Waals surface area contributed by atoms with E-state index in [9.17, 15) is 0 Å². The molecule has 7 heteroatoms. The Balaban J connectivity index is 0.934. The predicted octanol–water partition coefficient (Wildman–Crippen LogP) is 25.9. The fourth-order valence-corrected chi connectivity index (χ4v) is 14.5. The highest BCUT2D eigenvalue weighted by Crippen LogP contribution is 2.23. The Morgan fingerprint density at radius 2 is 0.408 bits per heavy atom. The molecule has 0 fully saturated rings. The van der Waals surface area contributed by atoms with Gasteiger partial charge in [0.25, 0.3) is 0 Å². The molecule has 0 saturated heterocycles. The number of aryl methyl sites for hydroxylation is 3. The first kappa shape index (κ1) is 83.2. The molecule has 0 amide bonds. The first-order chi connectivity index (χ1) is 50.7. The van der Waals surface area contributed by atoms with Crippen molar-refractivity contribution in [3.63, 3.8) is 0 Å². The molecule has 7 heterocycles. The summed E-state index contributed by atoms with van der Waals surface area (Å²) in [7, 11) is 8.69. The first-order valence-corrected chi connectivity index (χ1v) is 42.3. The number of hydrogen-bond donors (Lipinski definition) is 0. The molecule has 0 aromatic carbocycles. The van der Waals surface area contributed by atoms with E-state index in [1.54, 1.807) is 0 Å². The number of rotatable bonds is 57. The molecule has 558 valence electrons. The van der Waals surface area contributed by atoms with Crippen molar-refractivity contribution in [2.75, 3.05) is 0 Å². The highest BCUT2D eigenvalue weighted by atomic mass is 15.0. The van der Waals surface area contributed by atoms with Crippen molar-refractivity contribution < 1.29 is 18.3 Å². The van der Waals surface area contributed by atoms with Crippen LogP contribution in [0, 0.1) is 0 Å². The van der Waals surface area contributed by atoms with Crippen molar-refractivity contribution in [2.24, 2.45) is 28.2 Å². The van der Waals surface area contributed by atoms with E-state index >= 15 is 0 Å². The highest BCUT2D eigenvalue weighted by molar-refractivity contribution is 5.77. The molecular weight excluding hydrogens is 1250 g/mol. The van der Waals surface area contributed by atoms with Gasteiger partial charge in [0.05, 0.1) is 0 Å². The molecule has 0 N–H and O–H groups in total. The maximum absolute atomic E-state index is 2.35. The van der Waals surface area contributed by atoms with Crippen LogP contribution in [0.3, 0.4) is 0 Å². The number of pyridine rings is 4. The SMILES string of the molecule is CCCCCCCCCCCCCCCC[n+]1ccc(/C=C/c2ccc(/C=C/c3cc(/C=C/c4ccc(/C=C/c5cc[n+](CCCCCCCCCCCCCCCC)cc5)n4C)[n+](C)c(/C=C/c4ccc(/C=C/c5cc[n+](CCCCCCCCCCCCCCCC)cc5)n4C)c3)n2C)cc1. The summed E-state index contributed by atoms with van der Waals surface area (Å²) in [4.78, 5) is 0. The molecule has 7 aromatic rings. The summed E-state index contributed by atoms with van der Waals surface area (Å²) in [5, 5.41) is 0. The number of hydrogen-bond acceptors (Lipinski definition) is 0. The molecule has 0 aliphatic carbocycles. The molecule has 0 unspecified atom stereocenters. The predicted molar refractivity (Wildman–Crippen MR) is 448 cm³/mol. The average molecular weight is 1400 g/mol. The normalized spacial score (nSPS) is 12.2. The average Bonchev–Trinajstić information content (AvgIpc) is 1.82. The summed E-state index contributed by atoms with van der Waals surface area (Å²) >= 11 is 0. The van der Waals surface area contributed by atoms with Crippen molar-refractivity contribution in [2.45, 2.75) is 310 Å².